The molecule has 0 bridgehead atoms. The first-order chi connectivity index (χ1) is 12.8. The third-order valence-corrected chi connectivity index (χ3v) is 3.72. The number of para-hydroxylation sites is 4. The Morgan fingerprint density at radius 3 is 2.08 bits per heavy atom. The second kappa shape index (κ2) is 9.44. The van der Waals surface area contributed by atoms with E-state index < -0.39 is 0 Å². The molecule has 0 aliphatic rings. The Hall–Kier alpha value is -3.05. The van der Waals surface area contributed by atoms with Gasteiger partial charge < -0.3 is 20.1 Å². The zero-order chi connectivity index (χ0) is 18.0. The highest BCUT2D eigenvalue weighted by Crippen LogP contribution is 2.24. The van der Waals surface area contributed by atoms with Crippen molar-refractivity contribution in [2.45, 2.75) is 0 Å². The van der Waals surface area contributed by atoms with Crippen molar-refractivity contribution >= 4 is 28.7 Å². The maximum absolute atomic E-state index is 5.84. The predicted molar refractivity (Wildman–Crippen MR) is 110 cm³/mol. The molecule has 3 aromatic carbocycles. The lowest BCUT2D eigenvalue weighted by atomic mass is 10.3. The maximum atomic E-state index is 5.84. The van der Waals surface area contributed by atoms with E-state index in [1.807, 2.05) is 84.9 Å². The van der Waals surface area contributed by atoms with Crippen LogP contribution in [-0.2, 0) is 0 Å². The lowest BCUT2D eigenvalue weighted by molar-refractivity contribution is 0.218. The van der Waals surface area contributed by atoms with Gasteiger partial charge in [-0.3, -0.25) is 0 Å². The number of benzene rings is 3. The normalized spacial score (nSPS) is 10.0. The molecular formula is C21H20N2O2S. The highest BCUT2D eigenvalue weighted by atomic mass is 32.1. The van der Waals surface area contributed by atoms with Crippen molar-refractivity contribution in [3.05, 3.63) is 84.9 Å². The van der Waals surface area contributed by atoms with Gasteiger partial charge in [0.1, 0.15) is 24.7 Å². The van der Waals surface area contributed by atoms with Crippen molar-refractivity contribution in [2.75, 3.05) is 23.8 Å². The third-order valence-electron chi connectivity index (χ3n) is 3.52. The minimum atomic E-state index is 0.437. The second-order valence-electron chi connectivity index (χ2n) is 5.45. The van der Waals surface area contributed by atoms with Gasteiger partial charge in [0.25, 0.3) is 0 Å². The van der Waals surface area contributed by atoms with Crippen LogP contribution in [-0.4, -0.2) is 18.3 Å². The van der Waals surface area contributed by atoms with E-state index in [0.717, 1.165) is 22.9 Å². The second-order valence-corrected chi connectivity index (χ2v) is 5.86. The molecule has 0 unspecified atom stereocenters. The highest BCUT2D eigenvalue weighted by molar-refractivity contribution is 7.80. The van der Waals surface area contributed by atoms with E-state index in [2.05, 4.69) is 10.6 Å². The van der Waals surface area contributed by atoms with Crippen LogP contribution in [0.3, 0.4) is 0 Å². The SMILES string of the molecule is S=C(Nc1ccccc1)Nc1ccccc1OCCOc1ccccc1. The number of rotatable bonds is 7. The molecule has 0 saturated carbocycles. The standard InChI is InChI=1S/C21H20N2O2S/c26-21(22-17-9-3-1-4-10-17)23-19-13-7-8-14-20(19)25-16-15-24-18-11-5-2-6-12-18/h1-14H,15-16H2,(H2,22,23,26). The van der Waals surface area contributed by atoms with Crippen LogP contribution in [0.1, 0.15) is 0 Å². The first-order valence-electron chi connectivity index (χ1n) is 8.34. The molecule has 2 N–H and O–H groups in total. The van der Waals surface area contributed by atoms with E-state index in [0.29, 0.717) is 18.3 Å². The van der Waals surface area contributed by atoms with Crippen LogP contribution < -0.4 is 20.1 Å². The number of hydrogen-bond donors (Lipinski definition) is 2. The summed E-state index contributed by atoms with van der Waals surface area (Å²) in [6.45, 7) is 0.900. The minimum absolute atomic E-state index is 0.437. The van der Waals surface area contributed by atoms with Gasteiger partial charge in [0.05, 0.1) is 5.69 Å². The van der Waals surface area contributed by atoms with Crippen LogP contribution in [0.4, 0.5) is 11.4 Å². The molecule has 0 saturated heterocycles. The maximum Gasteiger partial charge on any atom is 0.175 e. The minimum Gasteiger partial charge on any atom is -0.490 e. The molecule has 0 heterocycles. The molecule has 0 radical (unpaired) electrons. The molecule has 5 heteroatoms. The Morgan fingerprint density at radius 1 is 0.692 bits per heavy atom. The topological polar surface area (TPSA) is 42.5 Å². The molecule has 0 spiro atoms. The van der Waals surface area contributed by atoms with Crippen molar-refractivity contribution in [2.24, 2.45) is 0 Å². The first kappa shape index (κ1) is 17.8. The van der Waals surface area contributed by atoms with Gasteiger partial charge in [-0.05, 0) is 48.6 Å². The van der Waals surface area contributed by atoms with E-state index in [4.69, 9.17) is 21.7 Å². The van der Waals surface area contributed by atoms with Crippen molar-refractivity contribution < 1.29 is 9.47 Å². The Kier molecular flexibility index (Phi) is 6.45. The summed E-state index contributed by atoms with van der Waals surface area (Å²) < 4.78 is 11.5. The fraction of sp³-hybridized carbons (Fsp3) is 0.0952. The van der Waals surface area contributed by atoms with Crippen molar-refractivity contribution in [1.29, 1.82) is 0 Å². The smallest absolute Gasteiger partial charge is 0.175 e. The van der Waals surface area contributed by atoms with Gasteiger partial charge in [0.15, 0.2) is 5.11 Å². The predicted octanol–water partition coefficient (Wildman–Crippen LogP) is 4.95. The summed E-state index contributed by atoms with van der Waals surface area (Å²) in [7, 11) is 0. The number of thiocarbonyl (C=S) groups is 1. The van der Waals surface area contributed by atoms with Gasteiger partial charge in [-0.15, -0.1) is 0 Å². The van der Waals surface area contributed by atoms with Gasteiger partial charge in [-0.25, -0.2) is 0 Å². The summed E-state index contributed by atoms with van der Waals surface area (Å²) in [5, 5.41) is 6.83. The molecule has 132 valence electrons. The molecular weight excluding hydrogens is 344 g/mol. The summed E-state index contributed by atoms with van der Waals surface area (Å²) in [5.74, 6) is 1.55. The molecule has 0 atom stereocenters. The van der Waals surface area contributed by atoms with E-state index in [1.54, 1.807) is 0 Å². The molecule has 3 rings (SSSR count). The molecule has 4 nitrogen and oxygen atoms in total. The van der Waals surface area contributed by atoms with E-state index in [1.165, 1.54) is 0 Å². The quantitative estimate of drug-likeness (QED) is 0.458. The number of hydrogen-bond acceptors (Lipinski definition) is 3. The third kappa shape index (κ3) is 5.50. The number of nitrogens with one attached hydrogen (secondary N) is 2. The highest BCUT2D eigenvalue weighted by Gasteiger charge is 2.05. The molecule has 3 aromatic rings. The van der Waals surface area contributed by atoms with E-state index >= 15 is 0 Å². The fourth-order valence-corrected chi connectivity index (χ4v) is 2.56. The van der Waals surface area contributed by atoms with E-state index in [-0.39, 0.29) is 0 Å². The van der Waals surface area contributed by atoms with E-state index in [9.17, 15) is 0 Å². The summed E-state index contributed by atoms with van der Waals surface area (Å²) >= 11 is 5.37. The summed E-state index contributed by atoms with van der Waals surface area (Å²) in [5.41, 5.74) is 1.74. The summed E-state index contributed by atoms with van der Waals surface area (Å²) in [4.78, 5) is 0. The number of ether oxygens (including phenoxy) is 2. The van der Waals surface area contributed by atoms with Crippen molar-refractivity contribution in [3.8, 4) is 11.5 Å². The summed E-state index contributed by atoms with van der Waals surface area (Å²) in [6.07, 6.45) is 0. The molecule has 0 aliphatic heterocycles. The largest absolute Gasteiger partial charge is 0.490 e. The van der Waals surface area contributed by atoms with Gasteiger partial charge >= 0.3 is 0 Å². The molecule has 0 aromatic heterocycles. The Morgan fingerprint density at radius 2 is 1.31 bits per heavy atom. The van der Waals surface area contributed by atoms with Gasteiger partial charge in [0.2, 0.25) is 0 Å². The average Bonchev–Trinajstić information content (AvgIpc) is 2.68. The zero-order valence-corrected chi connectivity index (χ0v) is 15.0. The van der Waals surface area contributed by atoms with Crippen molar-refractivity contribution in [1.82, 2.24) is 0 Å². The zero-order valence-electron chi connectivity index (χ0n) is 14.2. The van der Waals surface area contributed by atoms with Crippen LogP contribution in [0.5, 0.6) is 11.5 Å². The molecule has 26 heavy (non-hydrogen) atoms. The fourth-order valence-electron chi connectivity index (χ4n) is 2.33. The van der Waals surface area contributed by atoms with Gasteiger partial charge in [-0.1, -0.05) is 48.5 Å². The molecule has 0 amide bonds. The average molecular weight is 364 g/mol. The van der Waals surface area contributed by atoms with Crippen LogP contribution in [0.2, 0.25) is 0 Å². The Bertz CT molecular complexity index is 826. The lowest BCUT2D eigenvalue weighted by Gasteiger charge is -2.15. The number of anilines is 2. The van der Waals surface area contributed by atoms with Crippen LogP contribution in [0, 0.1) is 0 Å². The van der Waals surface area contributed by atoms with Crippen LogP contribution in [0.15, 0.2) is 84.9 Å². The summed E-state index contributed by atoms with van der Waals surface area (Å²) in [6, 6.07) is 27.1. The Labute approximate surface area is 158 Å². The molecule has 0 fully saturated rings. The first-order valence-corrected chi connectivity index (χ1v) is 8.75. The molecule has 0 aliphatic carbocycles. The van der Waals surface area contributed by atoms with Crippen molar-refractivity contribution in [3.63, 3.8) is 0 Å². The lowest BCUT2D eigenvalue weighted by Crippen LogP contribution is -2.20. The van der Waals surface area contributed by atoms with Crippen LogP contribution in [0.25, 0.3) is 0 Å². The van der Waals surface area contributed by atoms with Gasteiger partial charge in [0, 0.05) is 5.69 Å². The Balaban J connectivity index is 1.51. The van der Waals surface area contributed by atoms with Gasteiger partial charge in [-0.2, -0.15) is 0 Å². The monoisotopic (exact) mass is 364 g/mol. The van der Waals surface area contributed by atoms with Crippen LogP contribution >= 0.6 is 12.2 Å².